The maximum Gasteiger partial charge on any atom is 0.310 e. The molecule has 1 saturated heterocycles. The Bertz CT molecular complexity index is 1560. The van der Waals surface area contributed by atoms with Crippen LogP contribution in [-0.2, 0) is 47.7 Å². The van der Waals surface area contributed by atoms with Crippen LogP contribution in [0, 0.1) is 69.0 Å². The number of hydrogen-bond donors (Lipinski definition) is 1. The van der Waals surface area contributed by atoms with Gasteiger partial charge >= 0.3 is 23.9 Å². The van der Waals surface area contributed by atoms with Gasteiger partial charge in [0.15, 0.2) is 0 Å². The van der Waals surface area contributed by atoms with Crippen LogP contribution in [0.15, 0.2) is 11.8 Å². The molecular formula is C48H78O11. The summed E-state index contributed by atoms with van der Waals surface area (Å²) in [6, 6.07) is 0. The van der Waals surface area contributed by atoms with Gasteiger partial charge in [0.25, 0.3) is 6.47 Å². The van der Waals surface area contributed by atoms with E-state index in [0.29, 0.717) is 85.5 Å². The molecule has 0 aromatic carbocycles. The predicted octanol–water partition coefficient (Wildman–Crippen LogP) is 9.35. The molecule has 0 spiro atoms. The Morgan fingerprint density at radius 3 is 1.92 bits per heavy atom. The number of rotatable bonds is 7. The van der Waals surface area contributed by atoms with E-state index in [1.54, 1.807) is 0 Å². The van der Waals surface area contributed by atoms with Gasteiger partial charge in [-0.05, 0) is 149 Å². The third-order valence-corrected chi connectivity index (χ3v) is 16.8. The summed E-state index contributed by atoms with van der Waals surface area (Å²) in [5.74, 6) is 4.34. The maximum absolute atomic E-state index is 12.7. The number of ether oxygens (including phenoxy) is 4. The van der Waals surface area contributed by atoms with Gasteiger partial charge in [-0.25, -0.2) is 0 Å². The molecule has 14 atom stereocenters. The summed E-state index contributed by atoms with van der Waals surface area (Å²) in [5, 5.41) is 10.2. The van der Waals surface area contributed by atoms with Gasteiger partial charge in [0.1, 0.15) is 17.6 Å². The maximum atomic E-state index is 12.7. The summed E-state index contributed by atoms with van der Waals surface area (Å²) in [4.78, 5) is 66.0. The number of Topliss-reactive ketones (excluding diaryl/α,β-unsaturated/α-hetero) is 1. The Morgan fingerprint density at radius 1 is 0.780 bits per heavy atom. The van der Waals surface area contributed by atoms with Crippen molar-refractivity contribution in [1.82, 2.24) is 0 Å². The van der Waals surface area contributed by atoms with E-state index in [9.17, 15) is 33.9 Å². The van der Waals surface area contributed by atoms with Gasteiger partial charge < -0.3 is 24.1 Å². The van der Waals surface area contributed by atoms with Crippen LogP contribution in [0.1, 0.15) is 167 Å². The second kappa shape index (κ2) is 19.7. The second-order valence-corrected chi connectivity index (χ2v) is 19.6. The fraction of sp³-hybridized carbons (Fsp3) is 0.833. The van der Waals surface area contributed by atoms with Gasteiger partial charge in [0.05, 0.1) is 12.7 Å². The summed E-state index contributed by atoms with van der Waals surface area (Å²) in [7, 11) is 0. The van der Waals surface area contributed by atoms with Gasteiger partial charge in [0, 0.05) is 50.4 Å². The van der Waals surface area contributed by atoms with Crippen molar-refractivity contribution in [3.8, 4) is 0 Å². The minimum atomic E-state index is -0.562. The highest BCUT2D eigenvalue weighted by molar-refractivity contribution is 5.85. The fourth-order valence-electron chi connectivity index (χ4n) is 14.2. The van der Waals surface area contributed by atoms with Crippen LogP contribution >= 0.6 is 0 Å². The van der Waals surface area contributed by atoms with E-state index in [1.807, 2.05) is 6.92 Å². The number of carbonyl (C=O) groups excluding carboxylic acids is 6. The summed E-state index contributed by atoms with van der Waals surface area (Å²) in [5.41, 5.74) is 0.146. The highest BCUT2D eigenvalue weighted by Crippen LogP contribution is 2.67. The number of allylic oxidation sites excluding steroid dienone is 2. The van der Waals surface area contributed by atoms with E-state index in [4.69, 9.17) is 14.2 Å². The van der Waals surface area contributed by atoms with Gasteiger partial charge in [-0.15, -0.1) is 0 Å². The van der Waals surface area contributed by atoms with Crippen LogP contribution in [0.2, 0.25) is 0 Å². The van der Waals surface area contributed by atoms with E-state index in [0.717, 1.165) is 50.7 Å². The number of hydrogen-bond acceptors (Lipinski definition) is 11. The standard InChI is InChI=1S/C22H32O4.C20H32O4.C4H6O3.2CH4/c1-13(25-14(2)23)16-6-7-17-15-5-8-19-22(4,12-10-20(24)26-19)18(15)9-11-21(16,17)3;1-13(22)15-5-6-16-14-4-7-18(23)20(3,10-11-24-12-21)17(14)8-9-19(15,16)2;1-3(5)7-4(2)6;;/h8,13,15-18H,5-7,9-12H2,1-4H3;12-17,22H,4-11H2,1-3H3;1-2H3;2*1H4/t13-,15-,16+,17-,18+,21+,22-;13-,14-,15+,16-,17+,19+,20-;;;/m00.../s1. The molecular weight excluding hydrogens is 753 g/mol. The summed E-state index contributed by atoms with van der Waals surface area (Å²) in [6.45, 7) is 18.0. The Hall–Kier alpha value is -3.08. The van der Waals surface area contributed by atoms with Gasteiger partial charge in [-0.1, -0.05) is 42.5 Å². The number of aliphatic hydroxyl groups excluding tert-OH is 1. The molecule has 7 rings (SSSR count). The third-order valence-electron chi connectivity index (χ3n) is 16.8. The van der Waals surface area contributed by atoms with Crippen molar-refractivity contribution in [2.75, 3.05) is 6.61 Å². The van der Waals surface area contributed by atoms with Crippen molar-refractivity contribution in [2.45, 2.75) is 179 Å². The zero-order valence-electron chi connectivity index (χ0n) is 36.1. The molecule has 0 unspecified atom stereocenters. The van der Waals surface area contributed by atoms with Crippen molar-refractivity contribution < 1.29 is 52.8 Å². The van der Waals surface area contributed by atoms with Crippen LogP contribution in [0.5, 0.6) is 0 Å². The van der Waals surface area contributed by atoms with Crippen molar-refractivity contribution >= 4 is 36.1 Å². The normalized spacial score (nSPS) is 39.7. The average Bonchev–Trinajstić information content (AvgIpc) is 3.67. The first-order valence-corrected chi connectivity index (χ1v) is 21.8. The second-order valence-electron chi connectivity index (χ2n) is 19.6. The number of ketones is 1. The number of aliphatic hydroxyl groups is 1. The van der Waals surface area contributed by atoms with Gasteiger partial charge in [-0.3, -0.25) is 28.8 Å². The molecule has 6 fully saturated rings. The number of fused-ring (bicyclic) bond motifs is 8. The van der Waals surface area contributed by atoms with E-state index in [-0.39, 0.29) is 60.7 Å². The molecule has 1 N–H and O–H groups in total. The number of carbonyl (C=O) groups is 6. The van der Waals surface area contributed by atoms with E-state index < -0.39 is 11.9 Å². The van der Waals surface area contributed by atoms with E-state index in [2.05, 4.69) is 45.4 Å². The van der Waals surface area contributed by atoms with Crippen molar-refractivity contribution in [3.63, 3.8) is 0 Å². The molecule has 6 aliphatic carbocycles. The minimum Gasteiger partial charge on any atom is -0.468 e. The lowest BCUT2D eigenvalue weighted by atomic mass is 9.48. The third kappa shape index (κ3) is 9.86. The van der Waals surface area contributed by atoms with Crippen molar-refractivity contribution in [2.24, 2.45) is 69.0 Å². The average molecular weight is 831 g/mol. The first-order chi connectivity index (χ1) is 26.7. The summed E-state index contributed by atoms with van der Waals surface area (Å²) in [6.07, 6.45) is 16.0. The highest BCUT2D eigenvalue weighted by atomic mass is 16.6. The topological polar surface area (TPSA) is 160 Å². The molecule has 0 amide bonds. The quantitative estimate of drug-likeness (QED) is 0.0856. The van der Waals surface area contributed by atoms with Crippen LogP contribution in [-0.4, -0.2) is 60.1 Å². The lowest BCUT2D eigenvalue weighted by molar-refractivity contribution is -0.157. The zero-order valence-corrected chi connectivity index (χ0v) is 36.1. The van der Waals surface area contributed by atoms with Crippen molar-refractivity contribution in [3.05, 3.63) is 11.8 Å². The summed E-state index contributed by atoms with van der Waals surface area (Å²) < 4.78 is 20.1. The molecule has 11 heteroatoms. The Kier molecular flexibility index (Phi) is 16.8. The molecule has 0 radical (unpaired) electrons. The largest absolute Gasteiger partial charge is 0.468 e. The SMILES string of the molecule is C.C.CC(=O)OC(C)=O.CC(=O)O[C@@H](C)[C@H]1CC[C@H]2[C@@H]3CC=C4OC(=O)CC[C@@]4(C)[C@@H]3CC[C@]12C.C[C@H](O)[C@H]1CC[C@H]2[C@@H]3CCC(=O)[C@@](C)(CCOC=O)[C@@H]3CC[C@]12C. The first kappa shape index (κ1) is 50.3. The zero-order chi connectivity index (χ0) is 42.1. The van der Waals surface area contributed by atoms with Gasteiger partial charge in [-0.2, -0.15) is 0 Å². The predicted molar refractivity (Wildman–Crippen MR) is 225 cm³/mol. The van der Waals surface area contributed by atoms with Crippen LogP contribution < -0.4 is 0 Å². The first-order valence-electron chi connectivity index (χ1n) is 21.8. The molecule has 0 aromatic heterocycles. The molecule has 1 heterocycles. The lowest BCUT2D eigenvalue weighted by Crippen LogP contribution is -2.53. The van der Waals surface area contributed by atoms with E-state index in [1.165, 1.54) is 46.5 Å². The van der Waals surface area contributed by atoms with Crippen molar-refractivity contribution in [1.29, 1.82) is 0 Å². The van der Waals surface area contributed by atoms with E-state index >= 15 is 0 Å². The molecule has 7 aliphatic rings. The Balaban J connectivity index is 0.000000265. The van der Waals surface area contributed by atoms with Gasteiger partial charge in [0.2, 0.25) is 0 Å². The molecule has 336 valence electrons. The lowest BCUT2D eigenvalue weighted by Gasteiger charge is -2.56. The number of esters is 4. The minimum absolute atomic E-state index is 0. The Morgan fingerprint density at radius 2 is 1.36 bits per heavy atom. The molecule has 5 saturated carbocycles. The molecule has 11 nitrogen and oxygen atoms in total. The monoisotopic (exact) mass is 831 g/mol. The Labute approximate surface area is 354 Å². The molecule has 1 aliphatic heterocycles. The fourth-order valence-corrected chi connectivity index (χ4v) is 14.2. The smallest absolute Gasteiger partial charge is 0.310 e. The van der Waals surface area contributed by atoms with Crippen LogP contribution in [0.4, 0.5) is 0 Å². The highest BCUT2D eigenvalue weighted by Gasteiger charge is 2.62. The molecule has 59 heavy (non-hydrogen) atoms. The van der Waals surface area contributed by atoms with Crippen LogP contribution in [0.25, 0.3) is 0 Å². The van der Waals surface area contributed by atoms with Crippen LogP contribution in [0.3, 0.4) is 0 Å². The molecule has 0 bridgehead atoms. The molecule has 0 aromatic rings. The summed E-state index contributed by atoms with van der Waals surface area (Å²) >= 11 is 0.